The molecule has 2 N–H and O–H groups in total. The predicted molar refractivity (Wildman–Crippen MR) is 66.9 cm³/mol. The quantitative estimate of drug-likeness (QED) is 0.703. The van der Waals surface area contributed by atoms with Gasteiger partial charge in [0.15, 0.2) is 0 Å². The summed E-state index contributed by atoms with van der Waals surface area (Å²) in [6, 6.07) is 0.0292. The molecular weight excluding hydrogens is 220 g/mol. The summed E-state index contributed by atoms with van der Waals surface area (Å²) in [5, 5.41) is 11.6. The minimum atomic E-state index is -0.916. The number of hydrogen-bond donors (Lipinski definition) is 2. The van der Waals surface area contributed by atoms with Crippen molar-refractivity contribution >= 4 is 11.9 Å². The van der Waals surface area contributed by atoms with Crippen molar-refractivity contribution < 1.29 is 14.7 Å². The third-order valence-corrected chi connectivity index (χ3v) is 2.78. The Labute approximate surface area is 103 Å². The molecule has 0 saturated heterocycles. The lowest BCUT2D eigenvalue weighted by Gasteiger charge is -2.28. The molecule has 0 radical (unpaired) electrons. The molecule has 0 spiro atoms. The second kappa shape index (κ2) is 6.59. The van der Waals surface area contributed by atoms with Gasteiger partial charge in [0.2, 0.25) is 5.91 Å². The van der Waals surface area contributed by atoms with Gasteiger partial charge >= 0.3 is 5.97 Å². The Kier molecular flexibility index (Phi) is 6.16. The van der Waals surface area contributed by atoms with Gasteiger partial charge in [0, 0.05) is 11.6 Å². The highest BCUT2D eigenvalue weighted by Gasteiger charge is 2.21. The van der Waals surface area contributed by atoms with Crippen LogP contribution in [-0.2, 0) is 9.59 Å². The predicted octanol–water partition coefficient (Wildman–Crippen LogP) is 1.09. The molecule has 1 amide bonds. The molecule has 0 bridgehead atoms. The molecule has 0 aliphatic carbocycles. The largest absolute Gasteiger partial charge is 0.480 e. The first-order valence-corrected chi connectivity index (χ1v) is 5.94. The molecule has 17 heavy (non-hydrogen) atoms. The Hall–Kier alpha value is -1.10. The molecule has 5 nitrogen and oxygen atoms in total. The van der Waals surface area contributed by atoms with Crippen molar-refractivity contribution in [2.45, 2.75) is 52.6 Å². The van der Waals surface area contributed by atoms with Gasteiger partial charge in [-0.2, -0.15) is 0 Å². The van der Waals surface area contributed by atoms with Crippen molar-refractivity contribution in [3.05, 3.63) is 0 Å². The normalized spacial score (nSPS) is 11.9. The average molecular weight is 244 g/mol. The van der Waals surface area contributed by atoms with E-state index in [1.54, 1.807) is 4.90 Å². The Bertz CT molecular complexity index is 275. The van der Waals surface area contributed by atoms with Crippen LogP contribution in [0.1, 0.15) is 41.0 Å². The zero-order valence-electron chi connectivity index (χ0n) is 11.4. The van der Waals surface area contributed by atoms with Crippen LogP contribution in [0.2, 0.25) is 0 Å². The summed E-state index contributed by atoms with van der Waals surface area (Å²) < 4.78 is 0. The number of amides is 1. The minimum Gasteiger partial charge on any atom is -0.480 e. The molecule has 0 heterocycles. The smallest absolute Gasteiger partial charge is 0.317 e. The molecule has 0 rings (SSSR count). The zero-order valence-corrected chi connectivity index (χ0v) is 11.4. The van der Waals surface area contributed by atoms with Crippen molar-refractivity contribution in [2.24, 2.45) is 0 Å². The van der Waals surface area contributed by atoms with Crippen LogP contribution in [-0.4, -0.2) is 46.6 Å². The summed E-state index contributed by atoms with van der Waals surface area (Å²) in [4.78, 5) is 24.1. The maximum absolute atomic E-state index is 11.8. The first kappa shape index (κ1) is 15.9. The van der Waals surface area contributed by atoms with Crippen molar-refractivity contribution in [2.75, 3.05) is 13.1 Å². The molecule has 0 fully saturated rings. The lowest BCUT2D eigenvalue weighted by atomic mass is 10.0. The zero-order chi connectivity index (χ0) is 13.6. The van der Waals surface area contributed by atoms with E-state index in [2.05, 4.69) is 5.32 Å². The van der Waals surface area contributed by atoms with E-state index in [1.807, 2.05) is 34.6 Å². The molecule has 0 atom stereocenters. The van der Waals surface area contributed by atoms with E-state index >= 15 is 0 Å². The number of carboxylic acids is 1. The van der Waals surface area contributed by atoms with Crippen LogP contribution < -0.4 is 5.32 Å². The summed E-state index contributed by atoms with van der Waals surface area (Å²) in [5.74, 6) is -1.05. The molecule has 0 aromatic carbocycles. The van der Waals surface area contributed by atoms with E-state index in [9.17, 15) is 9.59 Å². The molecule has 0 saturated carbocycles. The maximum atomic E-state index is 11.8. The van der Waals surface area contributed by atoms with Crippen LogP contribution in [0.3, 0.4) is 0 Å². The summed E-state index contributed by atoms with van der Waals surface area (Å²) >= 11 is 0. The van der Waals surface area contributed by atoms with Gasteiger partial charge < -0.3 is 10.4 Å². The number of carbonyl (C=O) groups is 2. The van der Waals surface area contributed by atoms with E-state index < -0.39 is 5.97 Å². The summed E-state index contributed by atoms with van der Waals surface area (Å²) in [6.07, 6.45) is 0.833. The highest BCUT2D eigenvalue weighted by atomic mass is 16.4. The van der Waals surface area contributed by atoms with Crippen molar-refractivity contribution in [3.8, 4) is 0 Å². The molecule has 0 aromatic heterocycles. The van der Waals surface area contributed by atoms with Gasteiger partial charge in [0.1, 0.15) is 0 Å². The van der Waals surface area contributed by atoms with Gasteiger partial charge in [-0.25, -0.2) is 0 Å². The SMILES string of the molecule is CCC(C)(C)NC(=O)CN(CC(=O)O)C(C)C. The molecule has 0 unspecified atom stereocenters. The number of nitrogens with zero attached hydrogens (tertiary/aromatic N) is 1. The van der Waals surface area contributed by atoms with Gasteiger partial charge in [0.25, 0.3) is 0 Å². The van der Waals surface area contributed by atoms with Gasteiger partial charge in [-0.3, -0.25) is 14.5 Å². The van der Waals surface area contributed by atoms with E-state index in [-0.39, 0.29) is 30.6 Å². The average Bonchev–Trinajstić information content (AvgIpc) is 2.15. The van der Waals surface area contributed by atoms with Crippen LogP contribution in [0.4, 0.5) is 0 Å². The van der Waals surface area contributed by atoms with Crippen LogP contribution >= 0.6 is 0 Å². The number of carbonyl (C=O) groups excluding carboxylic acids is 1. The fourth-order valence-electron chi connectivity index (χ4n) is 1.28. The number of rotatable bonds is 7. The minimum absolute atomic E-state index is 0.0292. The highest BCUT2D eigenvalue weighted by Crippen LogP contribution is 2.07. The lowest BCUT2D eigenvalue weighted by molar-refractivity contribution is -0.139. The molecule has 100 valence electrons. The van der Waals surface area contributed by atoms with E-state index in [1.165, 1.54) is 0 Å². The first-order valence-electron chi connectivity index (χ1n) is 5.94. The molecule has 0 aliphatic heterocycles. The first-order chi connectivity index (χ1) is 7.68. The Balaban J connectivity index is 4.36. The summed E-state index contributed by atoms with van der Waals surface area (Å²) in [5.41, 5.74) is -0.247. The van der Waals surface area contributed by atoms with Gasteiger partial charge in [0.05, 0.1) is 13.1 Å². The Morgan fingerprint density at radius 1 is 1.29 bits per heavy atom. The van der Waals surface area contributed by atoms with Crippen molar-refractivity contribution in [3.63, 3.8) is 0 Å². The second-order valence-electron chi connectivity index (χ2n) is 5.18. The van der Waals surface area contributed by atoms with Crippen LogP contribution in [0, 0.1) is 0 Å². The van der Waals surface area contributed by atoms with Gasteiger partial charge in [-0.1, -0.05) is 6.92 Å². The molecule has 0 aliphatic rings. The van der Waals surface area contributed by atoms with Crippen LogP contribution in [0.5, 0.6) is 0 Å². The lowest BCUT2D eigenvalue weighted by Crippen LogP contribution is -2.49. The third kappa shape index (κ3) is 6.94. The number of aliphatic carboxylic acids is 1. The fraction of sp³-hybridized carbons (Fsp3) is 0.833. The molecule has 5 heteroatoms. The van der Waals surface area contributed by atoms with Crippen molar-refractivity contribution in [1.82, 2.24) is 10.2 Å². The highest BCUT2D eigenvalue weighted by molar-refractivity contribution is 5.79. The topological polar surface area (TPSA) is 69.6 Å². The van der Waals surface area contributed by atoms with E-state index in [0.29, 0.717) is 0 Å². The van der Waals surface area contributed by atoms with E-state index in [4.69, 9.17) is 5.11 Å². The molecule has 0 aromatic rings. The summed E-state index contributed by atoms with van der Waals surface area (Å²) in [7, 11) is 0. The maximum Gasteiger partial charge on any atom is 0.317 e. The Morgan fingerprint density at radius 3 is 2.18 bits per heavy atom. The van der Waals surface area contributed by atoms with Gasteiger partial charge in [-0.15, -0.1) is 0 Å². The van der Waals surface area contributed by atoms with Crippen LogP contribution in [0.15, 0.2) is 0 Å². The number of hydrogen-bond acceptors (Lipinski definition) is 3. The van der Waals surface area contributed by atoms with Gasteiger partial charge in [-0.05, 0) is 34.1 Å². The fourth-order valence-corrected chi connectivity index (χ4v) is 1.28. The third-order valence-electron chi connectivity index (χ3n) is 2.78. The van der Waals surface area contributed by atoms with E-state index in [0.717, 1.165) is 6.42 Å². The standard InChI is InChI=1S/C12H24N2O3/c1-6-12(4,5)13-10(15)7-14(9(2)3)8-11(16)17/h9H,6-8H2,1-5H3,(H,13,15)(H,16,17). The number of carboxylic acid groups (broad SMARTS) is 1. The molecular formula is C12H24N2O3. The number of nitrogens with one attached hydrogen (secondary N) is 1. The van der Waals surface area contributed by atoms with Crippen molar-refractivity contribution in [1.29, 1.82) is 0 Å². The summed E-state index contributed by atoms with van der Waals surface area (Å²) in [6.45, 7) is 9.65. The second-order valence-corrected chi connectivity index (χ2v) is 5.18. The Morgan fingerprint density at radius 2 is 1.82 bits per heavy atom. The monoisotopic (exact) mass is 244 g/mol. The van der Waals surface area contributed by atoms with Crippen LogP contribution in [0.25, 0.3) is 0 Å².